The van der Waals surface area contributed by atoms with Crippen LogP contribution in [0.2, 0.25) is 0 Å². The summed E-state index contributed by atoms with van der Waals surface area (Å²) in [4.78, 5) is 2.48. The number of hydrogen-bond donors (Lipinski definition) is 1. The van der Waals surface area contributed by atoms with Gasteiger partial charge in [-0.1, -0.05) is 6.92 Å². The van der Waals surface area contributed by atoms with E-state index in [0.717, 1.165) is 12.6 Å². The molecule has 0 saturated carbocycles. The van der Waals surface area contributed by atoms with E-state index >= 15 is 0 Å². The number of rotatable bonds is 8. The number of nitrogens with zero attached hydrogens (tertiary/aromatic N) is 1. The zero-order valence-electron chi connectivity index (χ0n) is 9.47. The molecule has 0 radical (unpaired) electrons. The zero-order chi connectivity index (χ0) is 10.1. The quantitative estimate of drug-likeness (QED) is 0.606. The fraction of sp³-hybridized carbons (Fsp3) is 1.00. The SMILES string of the molecule is CCC(CSC)N(C)CCCNC. The minimum Gasteiger partial charge on any atom is -0.320 e. The van der Waals surface area contributed by atoms with E-state index in [1.165, 1.54) is 25.1 Å². The van der Waals surface area contributed by atoms with Gasteiger partial charge in [0, 0.05) is 11.8 Å². The largest absolute Gasteiger partial charge is 0.320 e. The standard InChI is InChI=1S/C10H24N2S/c1-5-10(9-13-4)12(3)8-6-7-11-2/h10-11H,5-9H2,1-4H3. The summed E-state index contributed by atoms with van der Waals surface area (Å²) in [6, 6.07) is 0.756. The smallest absolute Gasteiger partial charge is 0.0180 e. The van der Waals surface area contributed by atoms with Crippen LogP contribution in [0.25, 0.3) is 0 Å². The number of nitrogens with one attached hydrogen (secondary N) is 1. The van der Waals surface area contributed by atoms with Gasteiger partial charge in [-0.2, -0.15) is 11.8 Å². The molecule has 0 rings (SSSR count). The molecule has 80 valence electrons. The van der Waals surface area contributed by atoms with Gasteiger partial charge in [-0.3, -0.25) is 0 Å². The van der Waals surface area contributed by atoms with E-state index in [9.17, 15) is 0 Å². The normalized spacial score (nSPS) is 13.6. The summed E-state index contributed by atoms with van der Waals surface area (Å²) in [5, 5.41) is 3.18. The van der Waals surface area contributed by atoms with Crippen LogP contribution in [-0.4, -0.2) is 50.1 Å². The molecule has 0 aromatic heterocycles. The van der Waals surface area contributed by atoms with Crippen LogP contribution in [0.15, 0.2) is 0 Å². The van der Waals surface area contributed by atoms with Gasteiger partial charge in [0.15, 0.2) is 0 Å². The van der Waals surface area contributed by atoms with Crippen LogP contribution in [0.3, 0.4) is 0 Å². The van der Waals surface area contributed by atoms with E-state index in [1.54, 1.807) is 0 Å². The highest BCUT2D eigenvalue weighted by molar-refractivity contribution is 7.98. The first-order chi connectivity index (χ1) is 6.26. The third-order valence-electron chi connectivity index (χ3n) is 2.39. The van der Waals surface area contributed by atoms with E-state index in [0.29, 0.717) is 0 Å². The summed E-state index contributed by atoms with van der Waals surface area (Å²) in [7, 11) is 4.25. The van der Waals surface area contributed by atoms with Gasteiger partial charge < -0.3 is 10.2 Å². The van der Waals surface area contributed by atoms with Crippen molar-refractivity contribution in [2.45, 2.75) is 25.8 Å². The summed E-state index contributed by atoms with van der Waals surface area (Å²) < 4.78 is 0. The average Bonchev–Trinajstić information content (AvgIpc) is 2.14. The Kier molecular flexibility index (Phi) is 9.03. The summed E-state index contributed by atoms with van der Waals surface area (Å²) in [6.07, 6.45) is 4.69. The third kappa shape index (κ3) is 6.36. The van der Waals surface area contributed by atoms with Crippen LogP contribution < -0.4 is 5.32 Å². The molecule has 1 atom stereocenters. The predicted molar refractivity (Wildman–Crippen MR) is 63.6 cm³/mol. The molecule has 2 nitrogen and oxygen atoms in total. The van der Waals surface area contributed by atoms with E-state index in [1.807, 2.05) is 18.8 Å². The number of thioether (sulfide) groups is 1. The van der Waals surface area contributed by atoms with Gasteiger partial charge in [0.05, 0.1) is 0 Å². The van der Waals surface area contributed by atoms with Crippen molar-refractivity contribution in [3.8, 4) is 0 Å². The lowest BCUT2D eigenvalue weighted by Gasteiger charge is -2.26. The lowest BCUT2D eigenvalue weighted by atomic mass is 10.2. The Bertz CT molecular complexity index is 109. The fourth-order valence-electron chi connectivity index (χ4n) is 1.44. The Morgan fingerprint density at radius 1 is 1.46 bits per heavy atom. The van der Waals surface area contributed by atoms with Gasteiger partial charge in [0.1, 0.15) is 0 Å². The lowest BCUT2D eigenvalue weighted by Crippen LogP contribution is -2.34. The molecule has 0 aromatic carbocycles. The van der Waals surface area contributed by atoms with Crippen molar-refractivity contribution in [3.63, 3.8) is 0 Å². The Labute approximate surface area is 87.5 Å². The van der Waals surface area contributed by atoms with Crippen molar-refractivity contribution in [1.29, 1.82) is 0 Å². The van der Waals surface area contributed by atoms with Crippen LogP contribution in [0.5, 0.6) is 0 Å². The van der Waals surface area contributed by atoms with Crippen molar-refractivity contribution in [2.75, 3.05) is 39.2 Å². The summed E-state index contributed by atoms with van der Waals surface area (Å²) >= 11 is 1.94. The summed E-state index contributed by atoms with van der Waals surface area (Å²) in [5.41, 5.74) is 0. The molecular weight excluding hydrogens is 180 g/mol. The first-order valence-corrected chi connectivity index (χ1v) is 6.49. The first-order valence-electron chi connectivity index (χ1n) is 5.10. The molecular formula is C10H24N2S. The molecule has 0 aromatic rings. The topological polar surface area (TPSA) is 15.3 Å². The molecule has 3 heteroatoms. The second-order valence-corrected chi connectivity index (χ2v) is 4.37. The monoisotopic (exact) mass is 204 g/mol. The van der Waals surface area contributed by atoms with E-state index in [2.05, 4.69) is 30.4 Å². The van der Waals surface area contributed by atoms with E-state index in [-0.39, 0.29) is 0 Å². The second kappa shape index (κ2) is 8.85. The van der Waals surface area contributed by atoms with Gasteiger partial charge in [-0.05, 0) is 46.3 Å². The van der Waals surface area contributed by atoms with E-state index in [4.69, 9.17) is 0 Å². The van der Waals surface area contributed by atoms with Gasteiger partial charge in [0.25, 0.3) is 0 Å². The fourth-order valence-corrected chi connectivity index (χ4v) is 2.31. The number of hydrogen-bond acceptors (Lipinski definition) is 3. The molecule has 1 N–H and O–H groups in total. The summed E-state index contributed by atoms with van der Waals surface area (Å²) in [6.45, 7) is 4.61. The van der Waals surface area contributed by atoms with Gasteiger partial charge in [-0.15, -0.1) is 0 Å². The lowest BCUT2D eigenvalue weighted by molar-refractivity contribution is 0.253. The van der Waals surface area contributed by atoms with E-state index < -0.39 is 0 Å². The predicted octanol–water partition coefficient (Wildman–Crippen LogP) is 1.67. The highest BCUT2D eigenvalue weighted by Gasteiger charge is 2.10. The molecule has 0 amide bonds. The highest BCUT2D eigenvalue weighted by Crippen LogP contribution is 2.08. The second-order valence-electron chi connectivity index (χ2n) is 3.46. The maximum Gasteiger partial charge on any atom is 0.0180 e. The molecule has 0 heterocycles. The summed E-state index contributed by atoms with van der Waals surface area (Å²) in [5.74, 6) is 1.26. The molecule has 13 heavy (non-hydrogen) atoms. The van der Waals surface area contributed by atoms with Crippen LogP contribution in [0, 0.1) is 0 Å². The molecule has 0 fully saturated rings. The Morgan fingerprint density at radius 3 is 2.62 bits per heavy atom. The molecule has 0 aliphatic carbocycles. The van der Waals surface area contributed by atoms with Gasteiger partial charge in [0.2, 0.25) is 0 Å². The van der Waals surface area contributed by atoms with Crippen molar-refractivity contribution in [3.05, 3.63) is 0 Å². The van der Waals surface area contributed by atoms with Crippen LogP contribution in [0.1, 0.15) is 19.8 Å². The molecule has 0 aliphatic heterocycles. The average molecular weight is 204 g/mol. The first kappa shape index (κ1) is 13.3. The van der Waals surface area contributed by atoms with Crippen molar-refractivity contribution >= 4 is 11.8 Å². The minimum absolute atomic E-state index is 0.756. The van der Waals surface area contributed by atoms with Crippen molar-refractivity contribution in [1.82, 2.24) is 10.2 Å². The highest BCUT2D eigenvalue weighted by atomic mass is 32.2. The van der Waals surface area contributed by atoms with Gasteiger partial charge >= 0.3 is 0 Å². The Morgan fingerprint density at radius 2 is 2.15 bits per heavy atom. The van der Waals surface area contributed by atoms with Crippen molar-refractivity contribution in [2.24, 2.45) is 0 Å². The van der Waals surface area contributed by atoms with Crippen LogP contribution >= 0.6 is 11.8 Å². The molecule has 0 bridgehead atoms. The Hall–Kier alpha value is 0.270. The minimum atomic E-state index is 0.756. The third-order valence-corrected chi connectivity index (χ3v) is 3.11. The zero-order valence-corrected chi connectivity index (χ0v) is 10.3. The maximum atomic E-state index is 3.18. The van der Waals surface area contributed by atoms with Crippen LogP contribution in [-0.2, 0) is 0 Å². The molecule has 0 aliphatic rings. The van der Waals surface area contributed by atoms with Crippen molar-refractivity contribution < 1.29 is 0 Å². The Balaban J connectivity index is 3.57. The molecule has 0 saturated heterocycles. The molecule has 0 spiro atoms. The maximum absolute atomic E-state index is 3.18. The molecule has 1 unspecified atom stereocenters. The van der Waals surface area contributed by atoms with Gasteiger partial charge in [-0.25, -0.2) is 0 Å². The van der Waals surface area contributed by atoms with Crippen LogP contribution in [0.4, 0.5) is 0 Å².